The number of nitrogens with zero attached hydrogens (tertiary/aromatic N) is 4. The number of aromatic nitrogens is 2. The zero-order chi connectivity index (χ0) is 21.1. The van der Waals surface area contributed by atoms with Gasteiger partial charge in [-0.25, -0.2) is 9.97 Å². The Bertz CT molecular complexity index is 932. The molecule has 2 aliphatic rings. The van der Waals surface area contributed by atoms with E-state index < -0.39 is 5.97 Å². The molecule has 0 N–H and O–H groups in total. The summed E-state index contributed by atoms with van der Waals surface area (Å²) in [5, 5.41) is 0. The highest BCUT2D eigenvalue weighted by Gasteiger charge is 2.32. The van der Waals surface area contributed by atoms with Gasteiger partial charge in [0.25, 0.3) is 0 Å². The van der Waals surface area contributed by atoms with E-state index in [-0.39, 0.29) is 18.4 Å². The van der Waals surface area contributed by atoms with E-state index in [1.807, 2.05) is 30.3 Å². The predicted octanol–water partition coefficient (Wildman–Crippen LogP) is 2.48. The minimum Gasteiger partial charge on any atom is -0.468 e. The van der Waals surface area contributed by atoms with E-state index >= 15 is 0 Å². The zero-order valence-corrected chi connectivity index (χ0v) is 17.6. The maximum Gasteiger partial charge on any atom is 0.325 e. The van der Waals surface area contributed by atoms with Crippen molar-refractivity contribution in [3.05, 3.63) is 41.6 Å². The minimum absolute atomic E-state index is 0.0147. The van der Waals surface area contributed by atoms with Crippen LogP contribution in [0.15, 0.2) is 30.3 Å². The number of fused-ring (bicyclic) bond motifs is 1. The fourth-order valence-corrected chi connectivity index (χ4v) is 4.41. The predicted molar refractivity (Wildman–Crippen MR) is 114 cm³/mol. The molecule has 1 aliphatic carbocycles. The quantitative estimate of drug-likeness (QED) is 0.708. The van der Waals surface area contributed by atoms with E-state index in [0.717, 1.165) is 61.5 Å². The molecule has 1 saturated heterocycles. The van der Waals surface area contributed by atoms with E-state index in [2.05, 4.69) is 4.90 Å². The lowest BCUT2D eigenvalue weighted by Crippen LogP contribution is -2.45. The van der Waals surface area contributed by atoms with Crippen LogP contribution in [-0.4, -0.2) is 60.5 Å². The number of methoxy groups -OCH3 is 1. The van der Waals surface area contributed by atoms with Crippen molar-refractivity contribution < 1.29 is 14.3 Å². The van der Waals surface area contributed by atoms with Gasteiger partial charge in [-0.15, -0.1) is 0 Å². The number of carbonyl (C=O) groups is 2. The number of hydrogen-bond donors (Lipinski definition) is 0. The van der Waals surface area contributed by atoms with Crippen LogP contribution in [0, 0.1) is 5.92 Å². The fraction of sp³-hybridized carbons (Fsp3) is 0.478. The first-order valence-electron chi connectivity index (χ1n) is 10.6. The molecule has 0 bridgehead atoms. The summed E-state index contributed by atoms with van der Waals surface area (Å²) in [7, 11) is 3.00. The highest BCUT2D eigenvalue weighted by molar-refractivity contribution is 5.84. The van der Waals surface area contributed by atoms with Gasteiger partial charge in [-0.2, -0.15) is 0 Å². The first-order valence-corrected chi connectivity index (χ1v) is 10.6. The van der Waals surface area contributed by atoms with Gasteiger partial charge in [0, 0.05) is 37.0 Å². The lowest BCUT2D eigenvalue weighted by Gasteiger charge is -2.35. The molecule has 1 aromatic heterocycles. The number of carbonyl (C=O) groups excluding carboxylic acids is 2. The molecule has 1 amide bonds. The average molecular weight is 409 g/mol. The zero-order valence-electron chi connectivity index (χ0n) is 17.6. The number of piperidine rings is 1. The number of aryl methyl sites for hydroxylation is 1. The molecular formula is C23H28N4O3. The molecule has 0 saturated carbocycles. The third-order valence-corrected chi connectivity index (χ3v) is 5.98. The topological polar surface area (TPSA) is 75.6 Å². The largest absolute Gasteiger partial charge is 0.468 e. The Kier molecular flexibility index (Phi) is 5.97. The van der Waals surface area contributed by atoms with Crippen LogP contribution in [0.4, 0.5) is 5.82 Å². The van der Waals surface area contributed by atoms with Crippen LogP contribution in [0.5, 0.6) is 0 Å². The number of amides is 1. The van der Waals surface area contributed by atoms with Crippen molar-refractivity contribution in [1.29, 1.82) is 0 Å². The summed E-state index contributed by atoms with van der Waals surface area (Å²) < 4.78 is 4.69. The van der Waals surface area contributed by atoms with E-state index in [9.17, 15) is 9.59 Å². The van der Waals surface area contributed by atoms with Gasteiger partial charge in [0.05, 0.1) is 13.0 Å². The second-order valence-electron chi connectivity index (χ2n) is 8.07. The molecule has 1 atom stereocenters. The molecule has 1 aromatic carbocycles. The van der Waals surface area contributed by atoms with Gasteiger partial charge in [-0.05, 0) is 32.1 Å². The Morgan fingerprint density at radius 1 is 1.17 bits per heavy atom. The van der Waals surface area contributed by atoms with Gasteiger partial charge in [0.1, 0.15) is 12.4 Å². The number of likely N-dealkylation sites (N-methyl/N-ethyl adjacent to an activating group) is 1. The van der Waals surface area contributed by atoms with Crippen molar-refractivity contribution in [2.75, 3.05) is 38.7 Å². The first kappa shape index (κ1) is 20.3. The minimum atomic E-state index is -0.403. The number of hydrogen-bond acceptors (Lipinski definition) is 6. The monoisotopic (exact) mass is 408 g/mol. The second-order valence-corrected chi connectivity index (χ2v) is 8.07. The fourth-order valence-electron chi connectivity index (χ4n) is 4.41. The molecule has 2 aromatic rings. The van der Waals surface area contributed by atoms with Crippen molar-refractivity contribution in [2.45, 2.75) is 32.1 Å². The van der Waals surface area contributed by atoms with Crippen LogP contribution < -0.4 is 4.90 Å². The Morgan fingerprint density at radius 2 is 1.97 bits per heavy atom. The lowest BCUT2D eigenvalue weighted by molar-refractivity contribution is -0.147. The first-order chi connectivity index (χ1) is 14.6. The summed E-state index contributed by atoms with van der Waals surface area (Å²) in [6.45, 7) is 1.47. The Labute approximate surface area is 177 Å². The molecular weight excluding hydrogens is 380 g/mol. The summed E-state index contributed by atoms with van der Waals surface area (Å²) in [5.41, 5.74) is 3.37. The molecule has 0 unspecified atom stereocenters. The lowest BCUT2D eigenvalue weighted by atomic mass is 9.96. The molecule has 0 spiro atoms. The Balaban J connectivity index is 1.58. The van der Waals surface area contributed by atoms with Crippen LogP contribution >= 0.6 is 0 Å². The van der Waals surface area contributed by atoms with Crippen molar-refractivity contribution in [3.63, 3.8) is 0 Å². The number of esters is 1. The van der Waals surface area contributed by atoms with Crippen molar-refractivity contribution in [3.8, 4) is 11.4 Å². The number of rotatable bonds is 5. The van der Waals surface area contributed by atoms with Gasteiger partial charge in [0.2, 0.25) is 5.91 Å². The van der Waals surface area contributed by atoms with Crippen LogP contribution in [0.2, 0.25) is 0 Å². The van der Waals surface area contributed by atoms with Gasteiger partial charge >= 0.3 is 5.97 Å². The number of anilines is 1. The summed E-state index contributed by atoms with van der Waals surface area (Å²) in [4.78, 5) is 38.0. The van der Waals surface area contributed by atoms with Crippen LogP contribution in [-0.2, 0) is 27.2 Å². The van der Waals surface area contributed by atoms with Crippen LogP contribution in [0.3, 0.4) is 0 Å². The van der Waals surface area contributed by atoms with Crippen molar-refractivity contribution >= 4 is 17.7 Å². The number of benzene rings is 1. The normalized spacial score (nSPS) is 18.1. The Hall–Kier alpha value is -2.96. The summed E-state index contributed by atoms with van der Waals surface area (Å²) in [6, 6.07) is 10.1. The molecule has 1 fully saturated rings. The summed E-state index contributed by atoms with van der Waals surface area (Å²) in [6.07, 6.45) is 4.79. The maximum absolute atomic E-state index is 12.9. The molecule has 4 rings (SSSR count). The Morgan fingerprint density at radius 3 is 2.73 bits per heavy atom. The SMILES string of the molecule is COC(=O)CN(C)C(=O)[C@H]1CCCN(c2nc(-c3ccccc3)nc3c2CCC3)C1. The average Bonchev–Trinajstić information content (AvgIpc) is 3.27. The van der Waals surface area contributed by atoms with E-state index in [1.54, 1.807) is 7.05 Å². The summed E-state index contributed by atoms with van der Waals surface area (Å²) in [5.74, 6) is 1.16. The van der Waals surface area contributed by atoms with Gasteiger partial charge in [0.15, 0.2) is 5.82 Å². The molecule has 7 nitrogen and oxygen atoms in total. The van der Waals surface area contributed by atoms with Crippen LogP contribution in [0.1, 0.15) is 30.5 Å². The van der Waals surface area contributed by atoms with Gasteiger partial charge < -0.3 is 14.5 Å². The third-order valence-electron chi connectivity index (χ3n) is 5.98. The molecule has 0 radical (unpaired) electrons. The molecule has 7 heteroatoms. The van der Waals surface area contributed by atoms with E-state index in [4.69, 9.17) is 14.7 Å². The standard InChI is InChI=1S/C23H28N4O3/c1-26(15-20(28)30-2)23(29)17-10-7-13-27(14-17)22-18-11-6-12-19(18)24-21(25-22)16-8-4-3-5-9-16/h3-5,8-9,17H,6-7,10-15H2,1-2H3/t17-/m0/s1. The molecule has 2 heterocycles. The molecule has 1 aliphatic heterocycles. The number of ether oxygens (including phenoxy) is 1. The highest BCUT2D eigenvalue weighted by atomic mass is 16.5. The second kappa shape index (κ2) is 8.81. The van der Waals surface area contributed by atoms with E-state index in [1.165, 1.54) is 17.6 Å². The molecule has 30 heavy (non-hydrogen) atoms. The maximum atomic E-state index is 12.9. The van der Waals surface area contributed by atoms with Gasteiger partial charge in [-0.3, -0.25) is 9.59 Å². The van der Waals surface area contributed by atoms with E-state index in [0.29, 0.717) is 6.54 Å². The molecule has 158 valence electrons. The van der Waals surface area contributed by atoms with Crippen molar-refractivity contribution in [1.82, 2.24) is 14.9 Å². The smallest absolute Gasteiger partial charge is 0.325 e. The van der Waals surface area contributed by atoms with Crippen molar-refractivity contribution in [2.24, 2.45) is 5.92 Å². The van der Waals surface area contributed by atoms with Gasteiger partial charge in [-0.1, -0.05) is 30.3 Å². The van der Waals surface area contributed by atoms with Crippen LogP contribution in [0.25, 0.3) is 11.4 Å². The third kappa shape index (κ3) is 4.15. The summed E-state index contributed by atoms with van der Waals surface area (Å²) >= 11 is 0. The highest BCUT2D eigenvalue weighted by Crippen LogP contribution is 2.33.